The van der Waals surface area contributed by atoms with Crippen LogP contribution in [0.15, 0.2) is 29.4 Å². The fourth-order valence-electron chi connectivity index (χ4n) is 4.40. The molecule has 0 bridgehead atoms. The van der Waals surface area contributed by atoms with Gasteiger partial charge in [0.1, 0.15) is 0 Å². The summed E-state index contributed by atoms with van der Waals surface area (Å²) >= 11 is 6.16. The molecular formula is C21H31ClIN5. The Labute approximate surface area is 189 Å². The van der Waals surface area contributed by atoms with Gasteiger partial charge in [0.05, 0.1) is 0 Å². The number of benzene rings is 1. The first-order valence-electron chi connectivity index (χ1n) is 10.3. The molecule has 3 heterocycles. The molecule has 2 saturated heterocycles. The van der Waals surface area contributed by atoms with Crippen molar-refractivity contribution < 1.29 is 0 Å². The second-order valence-corrected chi connectivity index (χ2v) is 8.06. The average molecular weight is 516 g/mol. The SMILES string of the molecule is CCNC(=NCCc1c[nH]c2ccc(Cl)cc12)N1CCC(N2CCCC2)C1.I. The highest BCUT2D eigenvalue weighted by molar-refractivity contribution is 14.0. The molecule has 1 atom stereocenters. The largest absolute Gasteiger partial charge is 0.361 e. The van der Waals surface area contributed by atoms with Gasteiger partial charge in [0.25, 0.3) is 0 Å². The smallest absolute Gasteiger partial charge is 0.193 e. The number of aliphatic imine (C=N–C) groups is 1. The van der Waals surface area contributed by atoms with Gasteiger partial charge in [-0.3, -0.25) is 9.89 Å². The van der Waals surface area contributed by atoms with Gasteiger partial charge in [0.2, 0.25) is 0 Å². The third kappa shape index (κ3) is 4.94. The van der Waals surface area contributed by atoms with Crippen LogP contribution in [0.3, 0.4) is 0 Å². The van der Waals surface area contributed by atoms with E-state index in [9.17, 15) is 0 Å². The normalized spacial score (nSPS) is 20.7. The van der Waals surface area contributed by atoms with E-state index in [-0.39, 0.29) is 24.0 Å². The molecule has 1 aromatic heterocycles. The molecule has 0 spiro atoms. The van der Waals surface area contributed by atoms with Crippen molar-refractivity contribution in [2.24, 2.45) is 4.99 Å². The minimum Gasteiger partial charge on any atom is -0.361 e. The monoisotopic (exact) mass is 515 g/mol. The molecule has 0 saturated carbocycles. The fraction of sp³-hybridized carbons (Fsp3) is 0.571. The topological polar surface area (TPSA) is 46.7 Å². The Kier molecular flexibility index (Phi) is 7.88. The van der Waals surface area contributed by atoms with Gasteiger partial charge in [-0.25, -0.2) is 0 Å². The van der Waals surface area contributed by atoms with Crippen LogP contribution in [0.4, 0.5) is 0 Å². The quantitative estimate of drug-likeness (QED) is 0.358. The molecule has 2 N–H and O–H groups in total. The minimum absolute atomic E-state index is 0. The Hall–Kier alpha value is -0.990. The van der Waals surface area contributed by atoms with Crippen LogP contribution in [0.5, 0.6) is 0 Å². The van der Waals surface area contributed by atoms with E-state index in [0.29, 0.717) is 6.04 Å². The molecule has 0 amide bonds. The van der Waals surface area contributed by atoms with Crippen molar-refractivity contribution in [3.8, 4) is 0 Å². The first kappa shape index (κ1) is 21.7. The first-order chi connectivity index (χ1) is 13.2. The van der Waals surface area contributed by atoms with Crippen LogP contribution in [0, 0.1) is 0 Å². The number of H-pyrrole nitrogens is 1. The van der Waals surface area contributed by atoms with Gasteiger partial charge < -0.3 is 15.2 Å². The molecule has 0 aliphatic carbocycles. The van der Waals surface area contributed by atoms with E-state index in [1.807, 2.05) is 18.2 Å². The summed E-state index contributed by atoms with van der Waals surface area (Å²) < 4.78 is 0. The van der Waals surface area contributed by atoms with Gasteiger partial charge in [0.15, 0.2) is 5.96 Å². The van der Waals surface area contributed by atoms with Crippen molar-refractivity contribution in [2.75, 3.05) is 39.3 Å². The summed E-state index contributed by atoms with van der Waals surface area (Å²) in [5.41, 5.74) is 2.42. The van der Waals surface area contributed by atoms with Gasteiger partial charge in [-0.2, -0.15) is 0 Å². The zero-order chi connectivity index (χ0) is 18.6. The van der Waals surface area contributed by atoms with Crippen LogP contribution < -0.4 is 5.32 Å². The second kappa shape index (κ2) is 10.2. The van der Waals surface area contributed by atoms with Crippen molar-refractivity contribution in [3.05, 3.63) is 35.0 Å². The number of hydrogen-bond donors (Lipinski definition) is 2. The molecule has 1 aromatic carbocycles. The third-order valence-corrected chi connectivity index (χ3v) is 6.06. The number of nitrogens with zero attached hydrogens (tertiary/aromatic N) is 3. The highest BCUT2D eigenvalue weighted by Gasteiger charge is 2.30. The van der Waals surface area contributed by atoms with Crippen LogP contribution in [-0.4, -0.2) is 66.1 Å². The minimum atomic E-state index is 0. The van der Waals surface area contributed by atoms with E-state index in [4.69, 9.17) is 16.6 Å². The summed E-state index contributed by atoms with van der Waals surface area (Å²) in [5, 5.41) is 5.48. The number of halogens is 2. The Balaban J connectivity index is 0.00000225. The van der Waals surface area contributed by atoms with Gasteiger partial charge in [0, 0.05) is 54.3 Å². The fourth-order valence-corrected chi connectivity index (χ4v) is 4.58. The summed E-state index contributed by atoms with van der Waals surface area (Å²) in [6.07, 6.45) is 6.98. The zero-order valence-electron chi connectivity index (χ0n) is 16.6. The molecule has 2 aromatic rings. The lowest BCUT2D eigenvalue weighted by atomic mass is 10.1. The predicted molar refractivity (Wildman–Crippen MR) is 129 cm³/mol. The summed E-state index contributed by atoms with van der Waals surface area (Å²) in [6, 6.07) is 6.71. The highest BCUT2D eigenvalue weighted by atomic mass is 127. The number of likely N-dealkylation sites (tertiary alicyclic amines) is 2. The van der Waals surface area contributed by atoms with E-state index in [0.717, 1.165) is 49.1 Å². The van der Waals surface area contributed by atoms with E-state index >= 15 is 0 Å². The number of aromatic amines is 1. The summed E-state index contributed by atoms with van der Waals surface area (Å²) in [4.78, 5) is 13.4. The van der Waals surface area contributed by atoms with Crippen LogP contribution in [0.25, 0.3) is 10.9 Å². The Morgan fingerprint density at radius 2 is 2.11 bits per heavy atom. The lowest BCUT2D eigenvalue weighted by Crippen LogP contribution is -2.42. The highest BCUT2D eigenvalue weighted by Crippen LogP contribution is 2.23. The molecule has 5 nitrogen and oxygen atoms in total. The Bertz CT molecular complexity index is 799. The van der Waals surface area contributed by atoms with Crippen LogP contribution in [0.2, 0.25) is 5.02 Å². The van der Waals surface area contributed by atoms with Gasteiger partial charge in [-0.15, -0.1) is 24.0 Å². The lowest BCUT2D eigenvalue weighted by Gasteiger charge is -2.25. The van der Waals surface area contributed by atoms with Gasteiger partial charge >= 0.3 is 0 Å². The predicted octanol–water partition coefficient (Wildman–Crippen LogP) is 4.12. The molecule has 4 rings (SSSR count). The van der Waals surface area contributed by atoms with Crippen molar-refractivity contribution in [3.63, 3.8) is 0 Å². The molecule has 2 aliphatic heterocycles. The number of nitrogens with one attached hydrogen (secondary N) is 2. The molecule has 154 valence electrons. The second-order valence-electron chi connectivity index (χ2n) is 7.62. The molecule has 0 radical (unpaired) electrons. The van der Waals surface area contributed by atoms with Gasteiger partial charge in [-0.1, -0.05) is 11.6 Å². The van der Waals surface area contributed by atoms with Crippen molar-refractivity contribution in [1.29, 1.82) is 0 Å². The van der Waals surface area contributed by atoms with Crippen LogP contribution in [-0.2, 0) is 6.42 Å². The summed E-state index contributed by atoms with van der Waals surface area (Å²) in [5.74, 6) is 1.07. The van der Waals surface area contributed by atoms with Crippen molar-refractivity contribution >= 4 is 52.4 Å². The van der Waals surface area contributed by atoms with Crippen molar-refractivity contribution in [2.45, 2.75) is 38.6 Å². The number of fused-ring (bicyclic) bond motifs is 1. The zero-order valence-corrected chi connectivity index (χ0v) is 19.7. The lowest BCUT2D eigenvalue weighted by molar-refractivity contribution is 0.249. The number of guanidine groups is 1. The Morgan fingerprint density at radius 3 is 2.89 bits per heavy atom. The summed E-state index contributed by atoms with van der Waals surface area (Å²) in [7, 11) is 0. The maximum Gasteiger partial charge on any atom is 0.193 e. The van der Waals surface area contributed by atoms with E-state index in [2.05, 4.69) is 33.2 Å². The summed E-state index contributed by atoms with van der Waals surface area (Å²) in [6.45, 7) is 8.60. The first-order valence-corrected chi connectivity index (χ1v) is 10.6. The van der Waals surface area contributed by atoms with Gasteiger partial charge in [-0.05, 0) is 69.5 Å². The van der Waals surface area contributed by atoms with Crippen molar-refractivity contribution in [1.82, 2.24) is 20.1 Å². The molecular weight excluding hydrogens is 485 g/mol. The number of aromatic nitrogens is 1. The van der Waals surface area contributed by atoms with E-state index in [1.165, 1.54) is 43.3 Å². The molecule has 2 aliphatic rings. The van der Waals surface area contributed by atoms with E-state index < -0.39 is 0 Å². The molecule has 28 heavy (non-hydrogen) atoms. The number of hydrogen-bond acceptors (Lipinski definition) is 2. The average Bonchev–Trinajstić information content (AvgIpc) is 3.41. The molecule has 7 heteroatoms. The maximum atomic E-state index is 6.16. The third-order valence-electron chi connectivity index (χ3n) is 5.83. The molecule has 2 fully saturated rings. The standard InChI is InChI=1S/C21H30ClN5.HI/c1-2-23-21(27-12-8-18(15-27)26-10-3-4-11-26)24-9-7-16-14-25-20-6-5-17(22)13-19(16)20;/h5-6,13-14,18,25H,2-4,7-12,15H2,1H3,(H,23,24);1H. The van der Waals surface area contributed by atoms with Crippen LogP contribution in [0.1, 0.15) is 31.7 Å². The Morgan fingerprint density at radius 1 is 1.29 bits per heavy atom. The number of rotatable bonds is 5. The maximum absolute atomic E-state index is 6.16. The van der Waals surface area contributed by atoms with E-state index in [1.54, 1.807) is 0 Å². The molecule has 1 unspecified atom stereocenters. The van der Waals surface area contributed by atoms with Crippen LogP contribution >= 0.6 is 35.6 Å².